The number of carbonyl (C=O) groups excluding carboxylic acids is 1. The maximum absolute atomic E-state index is 12.9. The number of rotatable bonds is 5. The lowest BCUT2D eigenvalue weighted by molar-refractivity contribution is 0.0930. The minimum atomic E-state index is -0.0239. The number of nitrogens with zero attached hydrogens (tertiary/aromatic N) is 2. The van der Waals surface area contributed by atoms with E-state index in [1.807, 2.05) is 24.3 Å². The molecule has 0 spiro atoms. The van der Waals surface area contributed by atoms with Gasteiger partial charge in [0.2, 0.25) is 5.89 Å². The molecule has 1 aliphatic carbocycles. The molecule has 1 heterocycles. The second-order valence-corrected chi connectivity index (χ2v) is 7.72. The Labute approximate surface area is 162 Å². The summed E-state index contributed by atoms with van der Waals surface area (Å²) in [6, 6.07) is 16.3. The smallest absolute Gasteiger partial charge is 0.252 e. The Hall–Kier alpha value is -2.60. The molecule has 0 aliphatic heterocycles. The quantitative estimate of drug-likeness (QED) is 0.680. The Kier molecular flexibility index (Phi) is 5.25. The number of benzene rings is 2. The van der Waals surface area contributed by atoms with Crippen LogP contribution in [0.1, 0.15) is 39.6 Å². The van der Waals surface area contributed by atoms with Crippen molar-refractivity contribution in [1.82, 2.24) is 15.5 Å². The summed E-state index contributed by atoms with van der Waals surface area (Å²) >= 11 is 1.54. The van der Waals surface area contributed by atoms with Crippen molar-refractivity contribution in [3.63, 3.8) is 0 Å². The molecule has 0 radical (unpaired) electrons. The van der Waals surface area contributed by atoms with Crippen LogP contribution in [-0.4, -0.2) is 22.1 Å². The van der Waals surface area contributed by atoms with Crippen LogP contribution in [0.4, 0.5) is 0 Å². The van der Waals surface area contributed by atoms with Gasteiger partial charge in [-0.25, -0.2) is 0 Å². The Balaban J connectivity index is 1.43. The first-order chi connectivity index (χ1) is 13.2. The van der Waals surface area contributed by atoms with Crippen LogP contribution in [0.5, 0.6) is 0 Å². The number of carbonyl (C=O) groups is 1. The summed E-state index contributed by atoms with van der Waals surface area (Å²) in [7, 11) is 0. The highest BCUT2D eigenvalue weighted by Gasteiger charge is 2.21. The molecular weight excluding hydrogens is 358 g/mol. The third-order valence-electron chi connectivity index (χ3n) is 4.73. The van der Waals surface area contributed by atoms with E-state index in [0.717, 1.165) is 24.2 Å². The van der Waals surface area contributed by atoms with E-state index in [1.165, 1.54) is 22.9 Å². The zero-order valence-electron chi connectivity index (χ0n) is 15.1. The van der Waals surface area contributed by atoms with E-state index < -0.39 is 0 Å². The largest absolute Gasteiger partial charge is 0.349 e. The predicted octanol–water partition coefficient (Wildman–Crippen LogP) is 3.96. The number of aryl methyl sites for hydroxylation is 2. The Morgan fingerprint density at radius 1 is 1.19 bits per heavy atom. The van der Waals surface area contributed by atoms with Gasteiger partial charge >= 0.3 is 0 Å². The van der Waals surface area contributed by atoms with E-state index in [0.29, 0.717) is 23.0 Å². The van der Waals surface area contributed by atoms with E-state index >= 15 is 0 Å². The molecule has 0 saturated heterocycles. The van der Waals surface area contributed by atoms with Gasteiger partial charge in [-0.2, -0.15) is 4.98 Å². The highest BCUT2D eigenvalue weighted by molar-refractivity contribution is 7.98. The van der Waals surface area contributed by atoms with Crippen LogP contribution < -0.4 is 5.32 Å². The second kappa shape index (κ2) is 7.96. The molecule has 5 nitrogen and oxygen atoms in total. The SMILES string of the molecule is Cc1noc(CSc2ccccc2C(=O)NC2CCc3ccccc3C2)n1. The summed E-state index contributed by atoms with van der Waals surface area (Å²) in [5.74, 6) is 1.71. The van der Waals surface area contributed by atoms with E-state index in [4.69, 9.17) is 4.52 Å². The predicted molar refractivity (Wildman–Crippen MR) is 105 cm³/mol. The highest BCUT2D eigenvalue weighted by Crippen LogP contribution is 2.27. The first-order valence-electron chi connectivity index (χ1n) is 9.07. The monoisotopic (exact) mass is 379 g/mol. The Morgan fingerprint density at radius 3 is 2.78 bits per heavy atom. The van der Waals surface area contributed by atoms with Crippen LogP contribution in [-0.2, 0) is 18.6 Å². The highest BCUT2D eigenvalue weighted by atomic mass is 32.2. The van der Waals surface area contributed by atoms with Gasteiger partial charge in [-0.15, -0.1) is 11.8 Å². The molecule has 1 aliphatic rings. The van der Waals surface area contributed by atoms with Crippen molar-refractivity contribution in [2.24, 2.45) is 0 Å². The topological polar surface area (TPSA) is 68.0 Å². The Morgan fingerprint density at radius 2 is 1.96 bits per heavy atom. The molecular formula is C21H21N3O2S. The lowest BCUT2D eigenvalue weighted by Gasteiger charge is -2.25. The summed E-state index contributed by atoms with van der Waals surface area (Å²) < 4.78 is 5.16. The minimum absolute atomic E-state index is 0.0239. The number of hydrogen-bond acceptors (Lipinski definition) is 5. The summed E-state index contributed by atoms with van der Waals surface area (Å²) in [6.07, 6.45) is 2.87. The fraction of sp³-hybridized carbons (Fsp3) is 0.286. The third-order valence-corrected chi connectivity index (χ3v) is 5.79. The lowest BCUT2D eigenvalue weighted by atomic mass is 9.88. The molecule has 0 saturated carbocycles. The molecule has 3 aromatic rings. The molecule has 0 bridgehead atoms. The first-order valence-corrected chi connectivity index (χ1v) is 10.1. The van der Waals surface area contributed by atoms with E-state index in [1.54, 1.807) is 6.92 Å². The maximum atomic E-state index is 12.9. The fourth-order valence-electron chi connectivity index (χ4n) is 3.40. The molecule has 1 N–H and O–H groups in total. The van der Waals surface area contributed by atoms with Crippen molar-refractivity contribution in [2.45, 2.75) is 42.9 Å². The molecule has 0 fully saturated rings. The van der Waals surface area contributed by atoms with Gasteiger partial charge < -0.3 is 9.84 Å². The van der Waals surface area contributed by atoms with Crippen LogP contribution in [0, 0.1) is 6.92 Å². The number of fused-ring (bicyclic) bond motifs is 1. The van der Waals surface area contributed by atoms with Gasteiger partial charge in [-0.3, -0.25) is 4.79 Å². The summed E-state index contributed by atoms with van der Waals surface area (Å²) in [4.78, 5) is 18.0. The summed E-state index contributed by atoms with van der Waals surface area (Å²) in [6.45, 7) is 1.79. The van der Waals surface area contributed by atoms with Crippen molar-refractivity contribution >= 4 is 17.7 Å². The molecule has 1 unspecified atom stereocenters. The molecule has 2 aromatic carbocycles. The zero-order chi connectivity index (χ0) is 18.6. The number of thioether (sulfide) groups is 1. The van der Waals surface area contributed by atoms with Gasteiger partial charge in [0.1, 0.15) is 0 Å². The second-order valence-electron chi connectivity index (χ2n) is 6.70. The van der Waals surface area contributed by atoms with Crippen LogP contribution in [0.25, 0.3) is 0 Å². The van der Waals surface area contributed by atoms with Gasteiger partial charge in [-0.1, -0.05) is 41.6 Å². The van der Waals surface area contributed by atoms with Crippen molar-refractivity contribution < 1.29 is 9.32 Å². The van der Waals surface area contributed by atoms with E-state index in [-0.39, 0.29) is 11.9 Å². The molecule has 138 valence electrons. The molecule has 1 amide bonds. The minimum Gasteiger partial charge on any atom is -0.349 e. The number of nitrogens with one attached hydrogen (secondary N) is 1. The zero-order valence-corrected chi connectivity index (χ0v) is 16.0. The average Bonchev–Trinajstić information content (AvgIpc) is 3.11. The van der Waals surface area contributed by atoms with Gasteiger partial charge in [0.05, 0.1) is 11.3 Å². The van der Waals surface area contributed by atoms with Crippen LogP contribution in [0.15, 0.2) is 57.9 Å². The molecule has 1 atom stereocenters. The van der Waals surface area contributed by atoms with Crippen LogP contribution in [0.3, 0.4) is 0 Å². The van der Waals surface area contributed by atoms with Gasteiger partial charge in [0.25, 0.3) is 5.91 Å². The molecule has 4 rings (SSSR count). The van der Waals surface area contributed by atoms with Crippen molar-refractivity contribution in [3.8, 4) is 0 Å². The van der Waals surface area contributed by atoms with Crippen molar-refractivity contribution in [2.75, 3.05) is 0 Å². The third kappa shape index (κ3) is 4.22. The maximum Gasteiger partial charge on any atom is 0.252 e. The van der Waals surface area contributed by atoms with Gasteiger partial charge in [-0.05, 0) is 49.4 Å². The van der Waals surface area contributed by atoms with Gasteiger partial charge in [0.15, 0.2) is 5.82 Å². The van der Waals surface area contributed by atoms with Crippen LogP contribution >= 0.6 is 11.8 Å². The lowest BCUT2D eigenvalue weighted by Crippen LogP contribution is -2.39. The number of aromatic nitrogens is 2. The molecule has 6 heteroatoms. The summed E-state index contributed by atoms with van der Waals surface area (Å²) in [5.41, 5.74) is 3.43. The average molecular weight is 379 g/mol. The number of hydrogen-bond donors (Lipinski definition) is 1. The van der Waals surface area contributed by atoms with Crippen molar-refractivity contribution in [1.29, 1.82) is 0 Å². The normalized spacial score (nSPS) is 16.0. The van der Waals surface area contributed by atoms with Gasteiger partial charge in [0, 0.05) is 10.9 Å². The van der Waals surface area contributed by atoms with Crippen LogP contribution in [0.2, 0.25) is 0 Å². The fourth-order valence-corrected chi connectivity index (χ4v) is 4.29. The number of amides is 1. The Bertz CT molecular complexity index is 954. The standard InChI is InChI=1S/C21H21N3O2S/c1-14-22-20(26-24-14)13-27-19-9-5-4-8-18(19)21(25)23-17-11-10-15-6-2-3-7-16(15)12-17/h2-9,17H,10-13H2,1H3,(H,23,25). The molecule has 1 aromatic heterocycles. The van der Waals surface area contributed by atoms with Crippen molar-refractivity contribution in [3.05, 3.63) is 76.9 Å². The van der Waals surface area contributed by atoms with E-state index in [2.05, 4.69) is 39.7 Å². The first kappa shape index (κ1) is 17.8. The molecule has 27 heavy (non-hydrogen) atoms. The summed E-state index contributed by atoms with van der Waals surface area (Å²) in [5, 5.41) is 7.02. The van der Waals surface area contributed by atoms with E-state index in [9.17, 15) is 4.79 Å².